The van der Waals surface area contributed by atoms with Gasteiger partial charge in [0.2, 0.25) is 0 Å². The van der Waals surface area contributed by atoms with Gasteiger partial charge in [0.15, 0.2) is 5.96 Å². The van der Waals surface area contributed by atoms with Crippen molar-refractivity contribution in [2.75, 3.05) is 27.3 Å². The predicted molar refractivity (Wildman–Crippen MR) is 98.4 cm³/mol. The van der Waals surface area contributed by atoms with E-state index >= 15 is 0 Å². The van der Waals surface area contributed by atoms with Crippen molar-refractivity contribution in [1.82, 2.24) is 16.0 Å². The van der Waals surface area contributed by atoms with Gasteiger partial charge in [-0.2, -0.15) is 0 Å². The number of rotatable bonds is 9. The minimum Gasteiger partial charge on any atom is -0.385 e. The van der Waals surface area contributed by atoms with Crippen LogP contribution >= 0.6 is 0 Å². The molecule has 0 saturated carbocycles. The van der Waals surface area contributed by atoms with Gasteiger partial charge in [-0.1, -0.05) is 19.1 Å². The Kier molecular flexibility index (Phi) is 9.53. The summed E-state index contributed by atoms with van der Waals surface area (Å²) in [4.78, 5) is 16.2. The maximum Gasteiger partial charge on any atom is 0.251 e. The van der Waals surface area contributed by atoms with Gasteiger partial charge in [-0.15, -0.1) is 0 Å². The molecule has 24 heavy (non-hydrogen) atoms. The van der Waals surface area contributed by atoms with E-state index in [1.807, 2.05) is 31.2 Å². The molecule has 1 aromatic carbocycles. The van der Waals surface area contributed by atoms with E-state index in [4.69, 9.17) is 4.74 Å². The van der Waals surface area contributed by atoms with Crippen LogP contribution in [-0.4, -0.2) is 45.2 Å². The summed E-state index contributed by atoms with van der Waals surface area (Å²) in [5.74, 6) is 0.726. The van der Waals surface area contributed by atoms with Crippen molar-refractivity contribution >= 4 is 11.9 Å². The molecule has 6 heteroatoms. The van der Waals surface area contributed by atoms with Crippen LogP contribution in [0.3, 0.4) is 0 Å². The van der Waals surface area contributed by atoms with Gasteiger partial charge in [0.1, 0.15) is 0 Å². The molecule has 0 aliphatic carbocycles. The van der Waals surface area contributed by atoms with E-state index in [2.05, 4.69) is 27.9 Å². The number of benzene rings is 1. The van der Waals surface area contributed by atoms with Crippen LogP contribution in [-0.2, 0) is 11.3 Å². The fourth-order valence-electron chi connectivity index (χ4n) is 2.01. The molecule has 0 heterocycles. The Balaban J connectivity index is 2.44. The second kappa shape index (κ2) is 11.5. The zero-order valence-electron chi connectivity index (χ0n) is 15.2. The maximum absolute atomic E-state index is 12.0. The summed E-state index contributed by atoms with van der Waals surface area (Å²) in [6.45, 7) is 6.24. The molecule has 0 spiro atoms. The summed E-state index contributed by atoms with van der Waals surface area (Å²) in [5, 5.41) is 9.44. The van der Waals surface area contributed by atoms with E-state index in [0.717, 1.165) is 37.5 Å². The monoisotopic (exact) mass is 334 g/mol. The fourth-order valence-corrected chi connectivity index (χ4v) is 2.01. The molecule has 1 amide bonds. The lowest BCUT2D eigenvalue weighted by Crippen LogP contribution is -2.37. The summed E-state index contributed by atoms with van der Waals surface area (Å²) in [6.07, 6.45) is 1.85. The quantitative estimate of drug-likeness (QED) is 0.366. The Labute approximate surface area is 145 Å². The van der Waals surface area contributed by atoms with Gasteiger partial charge in [0, 0.05) is 45.5 Å². The molecule has 0 bridgehead atoms. The lowest BCUT2D eigenvalue weighted by Gasteiger charge is -2.13. The first-order valence-electron chi connectivity index (χ1n) is 8.44. The van der Waals surface area contributed by atoms with Crippen LogP contribution in [0.1, 0.15) is 42.6 Å². The van der Waals surface area contributed by atoms with E-state index in [-0.39, 0.29) is 11.9 Å². The summed E-state index contributed by atoms with van der Waals surface area (Å²) in [6, 6.07) is 7.80. The Morgan fingerprint density at radius 2 is 1.96 bits per heavy atom. The Morgan fingerprint density at radius 1 is 1.25 bits per heavy atom. The molecule has 0 aliphatic heterocycles. The highest BCUT2D eigenvalue weighted by Crippen LogP contribution is 2.05. The van der Waals surface area contributed by atoms with Crippen LogP contribution < -0.4 is 16.0 Å². The van der Waals surface area contributed by atoms with Crippen molar-refractivity contribution in [3.8, 4) is 0 Å². The molecule has 0 fully saturated rings. The lowest BCUT2D eigenvalue weighted by molar-refractivity contribution is 0.0939. The number of nitrogens with zero attached hydrogens (tertiary/aromatic N) is 1. The largest absolute Gasteiger partial charge is 0.385 e. The van der Waals surface area contributed by atoms with Crippen molar-refractivity contribution < 1.29 is 9.53 Å². The minimum absolute atomic E-state index is 0.0283. The van der Waals surface area contributed by atoms with Crippen LogP contribution in [0.2, 0.25) is 0 Å². The average Bonchev–Trinajstić information content (AvgIpc) is 2.61. The summed E-state index contributed by atoms with van der Waals surface area (Å²) in [5.41, 5.74) is 1.77. The zero-order valence-corrected chi connectivity index (χ0v) is 15.2. The maximum atomic E-state index is 12.0. The molecular formula is C18H30N4O2. The van der Waals surface area contributed by atoms with Gasteiger partial charge >= 0.3 is 0 Å². The number of nitrogens with one attached hydrogen (secondary N) is 3. The minimum atomic E-state index is -0.0283. The number of ether oxygens (including phenoxy) is 1. The van der Waals surface area contributed by atoms with Crippen molar-refractivity contribution in [3.05, 3.63) is 35.4 Å². The standard InChI is InChI=1S/C18H30N4O2/c1-5-14(2)22-17(23)16-9-7-15(8-10-16)13-21-18(19-3)20-11-6-12-24-4/h7-10,14H,5-6,11-13H2,1-4H3,(H,22,23)(H2,19,20,21). The molecular weight excluding hydrogens is 304 g/mol. The average molecular weight is 334 g/mol. The molecule has 0 aromatic heterocycles. The molecule has 1 aromatic rings. The SMILES string of the molecule is CCC(C)NC(=O)c1ccc(CNC(=NC)NCCCOC)cc1. The van der Waals surface area contributed by atoms with Gasteiger partial charge in [0.25, 0.3) is 5.91 Å². The number of hydrogen-bond acceptors (Lipinski definition) is 3. The second-order valence-electron chi connectivity index (χ2n) is 5.68. The van der Waals surface area contributed by atoms with Gasteiger partial charge in [-0.3, -0.25) is 9.79 Å². The molecule has 1 atom stereocenters. The predicted octanol–water partition coefficient (Wildman–Crippen LogP) is 1.92. The third kappa shape index (κ3) is 7.46. The van der Waals surface area contributed by atoms with Gasteiger partial charge in [0.05, 0.1) is 0 Å². The summed E-state index contributed by atoms with van der Waals surface area (Å²) in [7, 11) is 3.44. The van der Waals surface area contributed by atoms with Crippen molar-refractivity contribution in [1.29, 1.82) is 0 Å². The van der Waals surface area contributed by atoms with Gasteiger partial charge in [-0.25, -0.2) is 0 Å². The number of carbonyl (C=O) groups excluding carboxylic acids is 1. The zero-order chi connectivity index (χ0) is 17.8. The number of hydrogen-bond donors (Lipinski definition) is 3. The summed E-state index contributed by atoms with van der Waals surface area (Å²) >= 11 is 0. The third-order valence-corrected chi connectivity index (χ3v) is 3.71. The molecule has 1 unspecified atom stereocenters. The van der Waals surface area contributed by atoms with E-state index in [1.54, 1.807) is 14.2 Å². The van der Waals surface area contributed by atoms with Gasteiger partial charge in [-0.05, 0) is 37.5 Å². The first kappa shape index (κ1) is 20.0. The van der Waals surface area contributed by atoms with Crippen LogP contribution in [0.4, 0.5) is 0 Å². The topological polar surface area (TPSA) is 74.8 Å². The highest BCUT2D eigenvalue weighted by Gasteiger charge is 2.08. The number of aliphatic imine (C=N–C) groups is 1. The Bertz CT molecular complexity index is 514. The molecule has 1 rings (SSSR count). The van der Waals surface area contributed by atoms with Crippen LogP contribution in [0.15, 0.2) is 29.3 Å². The molecule has 3 N–H and O–H groups in total. The lowest BCUT2D eigenvalue weighted by atomic mass is 10.1. The first-order chi connectivity index (χ1) is 11.6. The second-order valence-corrected chi connectivity index (χ2v) is 5.68. The van der Waals surface area contributed by atoms with Crippen molar-refractivity contribution in [3.63, 3.8) is 0 Å². The normalized spacial score (nSPS) is 12.6. The van der Waals surface area contributed by atoms with Crippen molar-refractivity contribution in [2.45, 2.75) is 39.3 Å². The van der Waals surface area contributed by atoms with E-state index in [0.29, 0.717) is 12.1 Å². The number of carbonyl (C=O) groups is 1. The van der Waals surface area contributed by atoms with E-state index in [9.17, 15) is 4.79 Å². The highest BCUT2D eigenvalue weighted by molar-refractivity contribution is 5.94. The first-order valence-corrected chi connectivity index (χ1v) is 8.44. The highest BCUT2D eigenvalue weighted by atomic mass is 16.5. The number of guanidine groups is 1. The molecule has 6 nitrogen and oxygen atoms in total. The molecule has 0 radical (unpaired) electrons. The number of amides is 1. The summed E-state index contributed by atoms with van der Waals surface area (Å²) < 4.78 is 5.02. The molecule has 134 valence electrons. The van der Waals surface area contributed by atoms with Crippen LogP contribution in [0, 0.1) is 0 Å². The fraction of sp³-hybridized carbons (Fsp3) is 0.556. The third-order valence-electron chi connectivity index (χ3n) is 3.71. The van der Waals surface area contributed by atoms with E-state index < -0.39 is 0 Å². The Morgan fingerprint density at radius 3 is 2.54 bits per heavy atom. The molecule has 0 aliphatic rings. The van der Waals surface area contributed by atoms with Crippen LogP contribution in [0.25, 0.3) is 0 Å². The van der Waals surface area contributed by atoms with E-state index in [1.165, 1.54) is 0 Å². The van der Waals surface area contributed by atoms with Crippen LogP contribution in [0.5, 0.6) is 0 Å². The smallest absolute Gasteiger partial charge is 0.251 e. The number of methoxy groups -OCH3 is 1. The Hall–Kier alpha value is -2.08. The molecule has 0 saturated heterocycles. The van der Waals surface area contributed by atoms with Crippen molar-refractivity contribution in [2.24, 2.45) is 4.99 Å². The van der Waals surface area contributed by atoms with Gasteiger partial charge < -0.3 is 20.7 Å².